The number of nitrogens with zero attached hydrogens (tertiary/aromatic N) is 1. The quantitative estimate of drug-likeness (QED) is 0.172. The van der Waals surface area contributed by atoms with Crippen molar-refractivity contribution in [2.75, 3.05) is 10.2 Å². The zero-order valence-corrected chi connectivity index (χ0v) is 32.4. The molecule has 1 N–H and O–H groups in total. The second-order valence-electron chi connectivity index (χ2n) is 16.0. The van der Waals surface area contributed by atoms with Gasteiger partial charge in [-0.3, -0.25) is 0 Å². The summed E-state index contributed by atoms with van der Waals surface area (Å²) >= 11 is 0. The second kappa shape index (κ2) is 13.3. The average Bonchev–Trinajstić information content (AvgIpc) is 3.23. The molecular weight excluding hydrogens is 675 g/mol. The van der Waals surface area contributed by atoms with E-state index < -0.39 is 0 Å². The van der Waals surface area contributed by atoms with Gasteiger partial charge in [-0.25, -0.2) is 0 Å². The Morgan fingerprint density at radius 1 is 0.482 bits per heavy atom. The Hall–Kier alpha value is -6.58. The third-order valence-electron chi connectivity index (χ3n) is 12.1. The molecular formula is C53H43BN2. The molecule has 2 aliphatic heterocycles. The Balaban J connectivity index is 1.25. The highest BCUT2D eigenvalue weighted by Crippen LogP contribution is 2.53. The zero-order valence-electron chi connectivity index (χ0n) is 32.4. The predicted molar refractivity (Wildman–Crippen MR) is 241 cm³/mol. The molecule has 0 aliphatic carbocycles. The molecule has 0 amide bonds. The number of rotatable bonds is 6. The van der Waals surface area contributed by atoms with Crippen LogP contribution in [0, 0.1) is 13.8 Å². The van der Waals surface area contributed by atoms with Crippen molar-refractivity contribution in [1.29, 1.82) is 0 Å². The van der Waals surface area contributed by atoms with E-state index in [0.29, 0.717) is 0 Å². The number of fused-ring (bicyclic) bond motifs is 4. The van der Waals surface area contributed by atoms with Crippen LogP contribution in [0.2, 0.25) is 0 Å². The van der Waals surface area contributed by atoms with Gasteiger partial charge in [0.05, 0.1) is 5.69 Å². The lowest BCUT2D eigenvalue weighted by Gasteiger charge is -2.46. The van der Waals surface area contributed by atoms with Crippen molar-refractivity contribution in [1.82, 2.24) is 0 Å². The maximum Gasteiger partial charge on any atom is 0.198 e. The van der Waals surface area contributed by atoms with E-state index in [9.17, 15) is 0 Å². The number of nitrogens with one attached hydrogen (secondary N) is 1. The van der Waals surface area contributed by atoms with Gasteiger partial charge >= 0.3 is 0 Å². The molecule has 0 unspecified atom stereocenters. The molecule has 0 spiro atoms. The molecule has 8 aromatic carbocycles. The summed E-state index contributed by atoms with van der Waals surface area (Å²) in [4.78, 5) is 2.59. The molecule has 0 saturated carbocycles. The Bertz CT molecular complexity index is 2780. The van der Waals surface area contributed by atoms with Crippen molar-refractivity contribution in [3.8, 4) is 44.5 Å². The molecule has 0 atom stereocenters. The van der Waals surface area contributed by atoms with Crippen LogP contribution in [0.4, 0.5) is 28.4 Å². The third-order valence-corrected chi connectivity index (χ3v) is 12.1. The minimum atomic E-state index is -0.127. The third kappa shape index (κ3) is 5.57. The van der Waals surface area contributed by atoms with Gasteiger partial charge in [-0.15, -0.1) is 0 Å². The summed E-state index contributed by atoms with van der Waals surface area (Å²) in [5.74, 6) is 0. The predicted octanol–water partition coefficient (Wildman–Crippen LogP) is 12.5. The molecule has 56 heavy (non-hydrogen) atoms. The van der Waals surface area contributed by atoms with Crippen LogP contribution in [-0.4, -0.2) is 7.28 Å². The van der Waals surface area contributed by atoms with Crippen LogP contribution in [0.3, 0.4) is 0 Å². The minimum absolute atomic E-state index is 0.127. The van der Waals surface area contributed by atoms with Gasteiger partial charge in [0.15, 0.2) is 7.28 Å². The van der Waals surface area contributed by atoms with E-state index in [-0.39, 0.29) is 5.41 Å². The highest BCUT2D eigenvalue weighted by molar-refractivity contribution is 6.73. The van der Waals surface area contributed by atoms with Gasteiger partial charge in [0.25, 0.3) is 0 Å². The molecule has 0 bridgehead atoms. The van der Waals surface area contributed by atoms with Gasteiger partial charge in [0.2, 0.25) is 0 Å². The van der Waals surface area contributed by atoms with Crippen LogP contribution in [-0.2, 0) is 5.41 Å². The average molecular weight is 719 g/mol. The van der Waals surface area contributed by atoms with Crippen molar-refractivity contribution in [3.63, 3.8) is 0 Å². The number of hydrogen-bond donors (Lipinski definition) is 1. The number of para-hydroxylation sites is 2. The summed E-state index contributed by atoms with van der Waals surface area (Å²) in [6, 6.07) is 64.7. The van der Waals surface area contributed by atoms with Gasteiger partial charge in [-0.1, -0.05) is 153 Å². The number of anilines is 5. The molecule has 0 aromatic heterocycles. The van der Waals surface area contributed by atoms with Crippen LogP contribution in [0.5, 0.6) is 0 Å². The molecule has 3 heteroatoms. The van der Waals surface area contributed by atoms with Crippen molar-refractivity contribution in [2.24, 2.45) is 0 Å². The molecule has 10 rings (SSSR count). The van der Waals surface area contributed by atoms with E-state index in [1.165, 1.54) is 94.7 Å². The Labute approximate surface area is 331 Å². The Morgan fingerprint density at radius 2 is 1.09 bits per heavy atom. The van der Waals surface area contributed by atoms with E-state index in [1.807, 2.05) is 0 Å². The summed E-state index contributed by atoms with van der Waals surface area (Å²) in [7, 11) is 0.841. The summed E-state index contributed by atoms with van der Waals surface area (Å²) < 4.78 is 0. The highest BCUT2D eigenvalue weighted by Gasteiger charge is 2.41. The smallest absolute Gasteiger partial charge is 0.198 e. The summed E-state index contributed by atoms with van der Waals surface area (Å²) in [6.45, 7) is 9.26. The lowest BCUT2D eigenvalue weighted by molar-refractivity contribution is 0.632. The van der Waals surface area contributed by atoms with E-state index in [1.54, 1.807) is 0 Å². The SMILES string of the molecule is Cc1cccc(C)c1-c1cc(-c2cc(-c3ccccc3)ccc2Nc2cccc(-c3ccccc3)c2)c2c(c1)N1c3ccccc3C(C)(C)c3cccc(c31)B2. The fourth-order valence-electron chi connectivity index (χ4n) is 9.35. The van der Waals surface area contributed by atoms with Gasteiger partial charge < -0.3 is 10.2 Å². The number of aryl methyl sites for hydroxylation is 2. The summed E-state index contributed by atoms with van der Waals surface area (Å²) in [5.41, 5.74) is 23.6. The first-order valence-corrected chi connectivity index (χ1v) is 19.7. The summed E-state index contributed by atoms with van der Waals surface area (Å²) in [6.07, 6.45) is 0. The lowest BCUT2D eigenvalue weighted by Crippen LogP contribution is -2.45. The van der Waals surface area contributed by atoms with Gasteiger partial charge in [-0.2, -0.15) is 0 Å². The molecule has 2 nitrogen and oxygen atoms in total. The van der Waals surface area contributed by atoms with Crippen molar-refractivity contribution < 1.29 is 0 Å². The topological polar surface area (TPSA) is 15.3 Å². The first-order valence-electron chi connectivity index (χ1n) is 19.7. The Kier molecular flexibility index (Phi) is 8.08. The van der Waals surface area contributed by atoms with Gasteiger partial charge in [0.1, 0.15) is 0 Å². The number of benzene rings is 8. The normalized spacial score (nSPS) is 13.2. The minimum Gasteiger partial charge on any atom is -0.355 e. The van der Waals surface area contributed by atoms with Crippen LogP contribution in [0.25, 0.3) is 44.5 Å². The Morgan fingerprint density at radius 3 is 1.84 bits per heavy atom. The van der Waals surface area contributed by atoms with E-state index >= 15 is 0 Å². The monoisotopic (exact) mass is 718 g/mol. The largest absolute Gasteiger partial charge is 0.355 e. The van der Waals surface area contributed by atoms with Crippen molar-refractivity contribution in [2.45, 2.75) is 33.1 Å². The van der Waals surface area contributed by atoms with E-state index in [2.05, 4.69) is 214 Å². The van der Waals surface area contributed by atoms with Crippen molar-refractivity contribution in [3.05, 3.63) is 198 Å². The molecule has 0 radical (unpaired) electrons. The van der Waals surface area contributed by atoms with Crippen LogP contribution in [0.1, 0.15) is 36.1 Å². The van der Waals surface area contributed by atoms with Gasteiger partial charge in [-0.05, 0) is 123 Å². The van der Waals surface area contributed by atoms with E-state index in [4.69, 9.17) is 0 Å². The molecule has 268 valence electrons. The maximum absolute atomic E-state index is 3.93. The van der Waals surface area contributed by atoms with Gasteiger partial charge in [0, 0.05) is 33.7 Å². The first-order chi connectivity index (χ1) is 27.3. The standard InChI is InChI=1S/C53H43BN2/c1-34-16-13-17-35(2)50(34)40-32-43(51-49(33-40)56-48-27-12-11-24-44(48)53(3,4)45-25-15-26-46(54-51)52(45)56)42-31-39(37-20-9-6-10-21-37)28-29-47(42)55-41-23-14-22-38(30-41)36-18-7-5-8-19-36/h5-33,54-55H,1-4H3. The number of hydrogen-bond acceptors (Lipinski definition) is 2. The molecule has 0 fully saturated rings. The highest BCUT2D eigenvalue weighted by atomic mass is 15.2. The summed E-state index contributed by atoms with van der Waals surface area (Å²) in [5, 5.41) is 3.93. The lowest BCUT2D eigenvalue weighted by atomic mass is 9.55. The molecule has 8 aromatic rings. The van der Waals surface area contributed by atoms with Crippen molar-refractivity contribution >= 4 is 46.6 Å². The van der Waals surface area contributed by atoms with Crippen LogP contribution < -0.4 is 21.1 Å². The molecule has 2 heterocycles. The van der Waals surface area contributed by atoms with E-state index in [0.717, 1.165) is 18.7 Å². The van der Waals surface area contributed by atoms with Crippen LogP contribution >= 0.6 is 0 Å². The fourth-order valence-corrected chi connectivity index (χ4v) is 9.35. The van der Waals surface area contributed by atoms with Crippen LogP contribution in [0.15, 0.2) is 176 Å². The fraction of sp³-hybridized carbons (Fsp3) is 0.0943. The second-order valence-corrected chi connectivity index (χ2v) is 16.0. The first kappa shape index (κ1) is 34.0. The zero-order chi connectivity index (χ0) is 38.0. The maximum atomic E-state index is 3.93. The molecule has 0 saturated heterocycles. The molecule has 2 aliphatic rings.